The second-order valence-corrected chi connectivity index (χ2v) is 10.2. The molecule has 1 aliphatic carbocycles. The molecular weight excluding hydrogens is 604 g/mol. The van der Waals surface area contributed by atoms with Crippen LogP contribution in [0.3, 0.4) is 0 Å². The van der Waals surface area contributed by atoms with E-state index >= 15 is 0 Å². The minimum atomic E-state index is -0.764. The third kappa shape index (κ3) is 18.8. The minimum Gasteiger partial charge on any atom is -0.463 e. The molecular formula is C31H54N4O11. The maximum atomic E-state index is 12.6. The Kier molecular flexibility index (Phi) is 23.2. The Morgan fingerprint density at radius 1 is 0.957 bits per heavy atom. The summed E-state index contributed by atoms with van der Waals surface area (Å²) < 4.78 is 38.1. The van der Waals surface area contributed by atoms with Gasteiger partial charge in [-0.05, 0) is 25.8 Å². The van der Waals surface area contributed by atoms with E-state index in [1.807, 2.05) is 6.92 Å². The van der Waals surface area contributed by atoms with Crippen LogP contribution in [0.25, 0.3) is 0 Å². The normalized spacial score (nSPS) is 18.2. The van der Waals surface area contributed by atoms with E-state index < -0.39 is 30.3 Å². The summed E-state index contributed by atoms with van der Waals surface area (Å²) >= 11 is 0. The van der Waals surface area contributed by atoms with Crippen LogP contribution in [0.5, 0.6) is 0 Å². The van der Waals surface area contributed by atoms with Crippen molar-refractivity contribution in [3.05, 3.63) is 24.3 Å². The lowest BCUT2D eigenvalue weighted by molar-refractivity contribution is -0.139. The number of nitrogens with one attached hydrogen (secondary N) is 3. The third-order valence-electron chi connectivity index (χ3n) is 6.58. The molecule has 1 aliphatic rings. The molecule has 0 saturated carbocycles. The van der Waals surface area contributed by atoms with Crippen LogP contribution in [0.1, 0.15) is 46.5 Å². The number of ether oxygens (including phenoxy) is 7. The van der Waals surface area contributed by atoms with Crippen molar-refractivity contribution in [2.45, 2.75) is 70.7 Å². The van der Waals surface area contributed by atoms with Crippen LogP contribution < -0.4 is 21.7 Å². The van der Waals surface area contributed by atoms with E-state index in [0.29, 0.717) is 77.8 Å². The molecule has 4 atom stereocenters. The van der Waals surface area contributed by atoms with E-state index in [0.717, 1.165) is 0 Å². The zero-order valence-corrected chi connectivity index (χ0v) is 27.6. The lowest BCUT2D eigenvalue weighted by atomic mass is 9.87. The minimum absolute atomic E-state index is 0.00256. The number of hydrogen-bond acceptors (Lipinski definition) is 12. The number of hydrogen-bond donors (Lipinski definition) is 4. The highest BCUT2D eigenvalue weighted by Crippen LogP contribution is 2.25. The molecule has 5 N–H and O–H groups in total. The van der Waals surface area contributed by atoms with E-state index in [9.17, 15) is 19.2 Å². The van der Waals surface area contributed by atoms with Gasteiger partial charge in [0, 0.05) is 38.4 Å². The van der Waals surface area contributed by atoms with Crippen LogP contribution >= 0.6 is 0 Å². The van der Waals surface area contributed by atoms with Gasteiger partial charge in [-0.25, -0.2) is 9.59 Å². The molecule has 0 aromatic carbocycles. The summed E-state index contributed by atoms with van der Waals surface area (Å²) in [6.07, 6.45) is 2.61. The first-order chi connectivity index (χ1) is 22.2. The molecule has 0 aromatic rings. The van der Waals surface area contributed by atoms with E-state index in [1.165, 1.54) is 13.0 Å². The quantitative estimate of drug-likeness (QED) is 0.0580. The van der Waals surface area contributed by atoms with Crippen molar-refractivity contribution in [2.24, 2.45) is 5.73 Å². The standard InChI is InChI=1S/C31H54N4O11/c1-5-12-45-31(39)35-26-21-24(30(38)44-7-3)22-27(29(26)34-23(4)36)46-25(6-2)8-11-33-28(37)9-13-40-15-17-42-19-20-43-18-16-41-14-10-32/h5,22,25-27,29H,1,6-21,32H2,2-4H3,(H,33,37)(H,34,36)(H,35,39)/t25?,26-,27+,29?/m0/s1. The summed E-state index contributed by atoms with van der Waals surface area (Å²) in [6, 6.07) is -1.40. The molecule has 2 unspecified atom stereocenters. The van der Waals surface area contributed by atoms with Crippen molar-refractivity contribution in [2.75, 3.05) is 79.2 Å². The van der Waals surface area contributed by atoms with Crippen molar-refractivity contribution in [1.82, 2.24) is 16.0 Å². The van der Waals surface area contributed by atoms with Crippen LogP contribution in [0.15, 0.2) is 24.3 Å². The van der Waals surface area contributed by atoms with Crippen molar-refractivity contribution in [1.29, 1.82) is 0 Å². The fourth-order valence-corrected chi connectivity index (χ4v) is 4.41. The largest absolute Gasteiger partial charge is 0.463 e. The highest BCUT2D eigenvalue weighted by atomic mass is 16.6. The highest BCUT2D eigenvalue weighted by molar-refractivity contribution is 5.89. The molecule has 15 nitrogen and oxygen atoms in total. The van der Waals surface area contributed by atoms with E-state index in [-0.39, 0.29) is 50.6 Å². The van der Waals surface area contributed by atoms with Crippen molar-refractivity contribution in [3.63, 3.8) is 0 Å². The average Bonchev–Trinajstić information content (AvgIpc) is 3.02. The Balaban J connectivity index is 2.54. The van der Waals surface area contributed by atoms with Crippen LogP contribution in [0.2, 0.25) is 0 Å². The van der Waals surface area contributed by atoms with Crippen molar-refractivity contribution < 1.29 is 52.3 Å². The first-order valence-electron chi connectivity index (χ1n) is 15.9. The molecule has 0 saturated heterocycles. The molecule has 0 spiro atoms. The fourth-order valence-electron chi connectivity index (χ4n) is 4.41. The lowest BCUT2D eigenvalue weighted by Gasteiger charge is -2.38. The molecule has 0 aromatic heterocycles. The van der Waals surface area contributed by atoms with Gasteiger partial charge in [0.15, 0.2) is 0 Å². The second-order valence-electron chi connectivity index (χ2n) is 10.2. The number of carbonyl (C=O) groups excluding carboxylic acids is 4. The van der Waals surface area contributed by atoms with Gasteiger partial charge in [0.2, 0.25) is 11.8 Å². The van der Waals surface area contributed by atoms with Crippen LogP contribution in [0, 0.1) is 0 Å². The predicted molar refractivity (Wildman–Crippen MR) is 169 cm³/mol. The number of alkyl carbamates (subject to hydrolysis) is 1. The third-order valence-corrected chi connectivity index (χ3v) is 6.58. The number of carbonyl (C=O) groups is 4. The van der Waals surface area contributed by atoms with E-state index in [1.54, 1.807) is 13.0 Å². The van der Waals surface area contributed by atoms with Gasteiger partial charge in [-0.15, -0.1) is 0 Å². The molecule has 0 heterocycles. The molecule has 0 bridgehead atoms. The molecule has 1 rings (SSSR count). The predicted octanol–water partition coefficient (Wildman–Crippen LogP) is 0.750. The zero-order valence-electron chi connectivity index (χ0n) is 27.6. The van der Waals surface area contributed by atoms with Gasteiger partial charge in [-0.3, -0.25) is 9.59 Å². The van der Waals surface area contributed by atoms with E-state index in [2.05, 4.69) is 22.5 Å². The van der Waals surface area contributed by atoms with Gasteiger partial charge >= 0.3 is 12.1 Å². The number of nitrogens with two attached hydrogens (primary N) is 1. The van der Waals surface area contributed by atoms with Gasteiger partial charge < -0.3 is 54.8 Å². The monoisotopic (exact) mass is 658 g/mol. The zero-order chi connectivity index (χ0) is 34.0. The Hall–Kier alpha value is -3.08. The first kappa shape index (κ1) is 40.9. The van der Waals surface area contributed by atoms with Gasteiger partial charge in [0.25, 0.3) is 0 Å². The Bertz CT molecular complexity index is 934. The maximum absolute atomic E-state index is 12.6. The van der Waals surface area contributed by atoms with Crippen molar-refractivity contribution >= 4 is 23.9 Å². The van der Waals surface area contributed by atoms with Gasteiger partial charge in [-0.1, -0.05) is 19.6 Å². The van der Waals surface area contributed by atoms with Gasteiger partial charge in [-0.2, -0.15) is 0 Å². The molecule has 15 heteroatoms. The van der Waals surface area contributed by atoms with E-state index in [4.69, 9.17) is 38.9 Å². The number of esters is 1. The molecule has 46 heavy (non-hydrogen) atoms. The smallest absolute Gasteiger partial charge is 0.407 e. The maximum Gasteiger partial charge on any atom is 0.407 e. The summed E-state index contributed by atoms with van der Waals surface area (Å²) in [5.74, 6) is -1.03. The van der Waals surface area contributed by atoms with Gasteiger partial charge in [0.1, 0.15) is 6.61 Å². The second kappa shape index (κ2) is 26.0. The summed E-state index contributed by atoms with van der Waals surface area (Å²) in [4.78, 5) is 49.4. The molecule has 264 valence electrons. The SMILES string of the molecule is C=CCOC(=O)N[C@H]1CC(C(=O)OCC)=C[C@@H](OC(CC)CCNC(=O)CCOCCOCCOCCOCCN)C1NC(C)=O. The fraction of sp³-hybridized carbons (Fsp3) is 0.742. The van der Waals surface area contributed by atoms with Crippen LogP contribution in [-0.2, 0) is 47.5 Å². The highest BCUT2D eigenvalue weighted by Gasteiger charge is 2.39. The van der Waals surface area contributed by atoms with Crippen LogP contribution in [0.4, 0.5) is 4.79 Å². The topological polar surface area (TPSA) is 195 Å². The summed E-state index contributed by atoms with van der Waals surface area (Å²) in [6.45, 7) is 12.9. The average molecular weight is 659 g/mol. The first-order valence-corrected chi connectivity index (χ1v) is 15.9. The molecule has 0 fully saturated rings. The van der Waals surface area contributed by atoms with Gasteiger partial charge in [0.05, 0.1) is 83.8 Å². The Morgan fingerprint density at radius 3 is 2.15 bits per heavy atom. The summed E-state index contributed by atoms with van der Waals surface area (Å²) in [5, 5.41) is 8.43. The summed E-state index contributed by atoms with van der Waals surface area (Å²) in [7, 11) is 0. The molecule has 3 amide bonds. The Labute approximate surface area is 272 Å². The number of amides is 3. The molecule has 0 radical (unpaired) electrons. The molecule has 0 aliphatic heterocycles. The Morgan fingerprint density at radius 2 is 1.59 bits per heavy atom. The summed E-state index contributed by atoms with van der Waals surface area (Å²) in [5.41, 5.74) is 5.65. The number of rotatable bonds is 26. The lowest BCUT2D eigenvalue weighted by Crippen LogP contribution is -2.59. The van der Waals surface area contributed by atoms with Crippen molar-refractivity contribution in [3.8, 4) is 0 Å². The van der Waals surface area contributed by atoms with Crippen LogP contribution in [-0.4, -0.2) is 127 Å².